The Hall–Kier alpha value is -1.14. The zero-order valence-electron chi connectivity index (χ0n) is 11.8. The van der Waals surface area contributed by atoms with Crippen molar-refractivity contribution in [2.24, 2.45) is 7.05 Å². The van der Waals surface area contributed by atoms with E-state index in [-0.39, 0.29) is 0 Å². The lowest BCUT2D eigenvalue weighted by Crippen LogP contribution is -2.05. The molecule has 6 heteroatoms. The second-order valence-corrected chi connectivity index (χ2v) is 6.93. The smallest absolute Gasteiger partial charge is 0.0767 e. The summed E-state index contributed by atoms with van der Waals surface area (Å²) in [4.78, 5) is 0.682. The lowest BCUT2D eigenvalue weighted by Gasteiger charge is -2.07. The Kier molecular flexibility index (Phi) is 4.65. The topological polar surface area (TPSA) is 60.9 Å². The van der Waals surface area contributed by atoms with Crippen molar-refractivity contribution in [2.75, 3.05) is 5.73 Å². The maximum Gasteiger partial charge on any atom is 0.0767 e. The molecule has 2 aromatic rings. The van der Waals surface area contributed by atoms with Crippen LogP contribution in [0.5, 0.6) is 0 Å². The van der Waals surface area contributed by atoms with Crippen molar-refractivity contribution in [3.05, 3.63) is 39.6 Å². The number of rotatable bonds is 4. The van der Waals surface area contributed by atoms with Gasteiger partial charge in [-0.25, -0.2) is 0 Å². The van der Waals surface area contributed by atoms with Crippen LogP contribution in [0, 0.1) is 6.92 Å². The van der Waals surface area contributed by atoms with E-state index in [1.54, 1.807) is 4.68 Å². The van der Waals surface area contributed by atoms with Crippen LogP contribution in [0.1, 0.15) is 23.9 Å². The van der Waals surface area contributed by atoms with E-state index in [2.05, 4.69) is 21.0 Å². The second-order valence-electron chi connectivity index (χ2n) is 4.72. The lowest BCUT2D eigenvalue weighted by atomic mass is 10.2. The number of benzene rings is 1. The van der Waals surface area contributed by atoms with Crippen LogP contribution in [0.2, 0.25) is 0 Å². The number of hydrogen-bond acceptors (Lipinski definition) is 3. The first-order valence-electron chi connectivity index (χ1n) is 6.38. The van der Waals surface area contributed by atoms with E-state index >= 15 is 0 Å². The first-order chi connectivity index (χ1) is 9.43. The monoisotopic (exact) mass is 355 g/mol. The largest absolute Gasteiger partial charge is 0.398 e. The molecule has 1 atom stereocenters. The van der Waals surface area contributed by atoms with Crippen LogP contribution in [-0.2, 0) is 30.0 Å². The fraction of sp³-hybridized carbons (Fsp3) is 0.357. The molecule has 2 rings (SSSR count). The molecule has 20 heavy (non-hydrogen) atoms. The van der Waals surface area contributed by atoms with Gasteiger partial charge in [0.15, 0.2) is 0 Å². The normalized spacial score (nSPS) is 12.6. The zero-order chi connectivity index (χ0) is 14.9. The van der Waals surface area contributed by atoms with Crippen molar-refractivity contribution >= 4 is 32.4 Å². The molecule has 1 aromatic heterocycles. The Balaban J connectivity index is 2.30. The maximum atomic E-state index is 12.5. The molecule has 0 aliphatic heterocycles. The van der Waals surface area contributed by atoms with Crippen molar-refractivity contribution in [3.63, 3.8) is 0 Å². The highest BCUT2D eigenvalue weighted by Gasteiger charge is 2.17. The van der Waals surface area contributed by atoms with Gasteiger partial charge in [0, 0.05) is 12.7 Å². The van der Waals surface area contributed by atoms with Crippen LogP contribution in [0.25, 0.3) is 0 Å². The summed E-state index contributed by atoms with van der Waals surface area (Å²) in [5, 5.41) is 4.42. The van der Waals surface area contributed by atoms with E-state index in [1.165, 1.54) is 0 Å². The summed E-state index contributed by atoms with van der Waals surface area (Å²) in [5.74, 6) is 0.400. The quantitative estimate of drug-likeness (QED) is 0.857. The highest BCUT2D eigenvalue weighted by atomic mass is 79.9. The molecular formula is C14H18BrN3OS. The molecule has 0 amide bonds. The summed E-state index contributed by atoms with van der Waals surface area (Å²) in [6.07, 6.45) is 0.841. The summed E-state index contributed by atoms with van der Waals surface area (Å²) in [7, 11) is 0.691. The van der Waals surface area contributed by atoms with E-state index in [4.69, 9.17) is 5.73 Å². The predicted molar refractivity (Wildman–Crippen MR) is 86.0 cm³/mol. The molecule has 0 radical (unpaired) electrons. The summed E-state index contributed by atoms with van der Waals surface area (Å²) in [6.45, 7) is 4.01. The third-order valence-electron chi connectivity index (χ3n) is 3.18. The average Bonchev–Trinajstić information content (AvgIpc) is 2.66. The fourth-order valence-electron chi connectivity index (χ4n) is 2.05. The number of aryl methyl sites for hydroxylation is 3. The summed E-state index contributed by atoms with van der Waals surface area (Å²) >= 11 is 3.54. The summed E-state index contributed by atoms with van der Waals surface area (Å²) in [6, 6.07) is 5.62. The first kappa shape index (κ1) is 15.3. The van der Waals surface area contributed by atoms with Crippen LogP contribution in [-0.4, -0.2) is 14.0 Å². The van der Waals surface area contributed by atoms with Gasteiger partial charge in [0.05, 0.1) is 37.3 Å². The van der Waals surface area contributed by atoms with Crippen LogP contribution >= 0.6 is 15.9 Å². The summed E-state index contributed by atoms with van der Waals surface area (Å²) < 4.78 is 15.2. The standard InChI is InChI=1S/C14H18BrN3OS/c1-4-11-14(15)12(18(3)17-11)8-20(19)13-6-5-9(2)7-10(13)16/h5-7H,4,8,16H2,1-3H3. The molecule has 0 aliphatic rings. The Morgan fingerprint density at radius 2 is 2.15 bits per heavy atom. The van der Waals surface area contributed by atoms with Gasteiger partial charge >= 0.3 is 0 Å². The van der Waals surface area contributed by atoms with Crippen molar-refractivity contribution in [2.45, 2.75) is 30.9 Å². The SMILES string of the molecule is CCc1nn(C)c(CS(=O)c2ccc(C)cc2N)c1Br. The van der Waals surface area contributed by atoms with Crippen molar-refractivity contribution in [3.8, 4) is 0 Å². The third kappa shape index (κ3) is 2.96. The van der Waals surface area contributed by atoms with Crippen LogP contribution in [0.15, 0.2) is 27.6 Å². The molecule has 108 valence electrons. The van der Waals surface area contributed by atoms with Crippen LogP contribution in [0.4, 0.5) is 5.69 Å². The number of hydrogen-bond donors (Lipinski definition) is 1. The first-order valence-corrected chi connectivity index (χ1v) is 8.50. The number of nitrogens with zero attached hydrogens (tertiary/aromatic N) is 2. The van der Waals surface area contributed by atoms with Gasteiger partial charge in [-0.1, -0.05) is 13.0 Å². The molecule has 0 saturated heterocycles. The number of anilines is 1. The predicted octanol–water partition coefficient (Wildman–Crippen LogP) is 2.94. The van der Waals surface area contributed by atoms with E-state index in [9.17, 15) is 4.21 Å². The van der Waals surface area contributed by atoms with Gasteiger partial charge < -0.3 is 5.73 Å². The zero-order valence-corrected chi connectivity index (χ0v) is 14.2. The minimum absolute atomic E-state index is 0.400. The molecule has 1 unspecified atom stereocenters. The molecular weight excluding hydrogens is 338 g/mol. The van der Waals surface area contributed by atoms with Crippen molar-refractivity contribution < 1.29 is 4.21 Å². The Morgan fingerprint density at radius 1 is 1.45 bits per heavy atom. The number of nitrogens with two attached hydrogens (primary N) is 1. The molecule has 1 aromatic carbocycles. The number of halogens is 1. The Labute approximate surface area is 130 Å². The lowest BCUT2D eigenvalue weighted by molar-refractivity contribution is 0.675. The highest BCUT2D eigenvalue weighted by molar-refractivity contribution is 9.10. The fourth-order valence-corrected chi connectivity index (χ4v) is 4.27. The highest BCUT2D eigenvalue weighted by Crippen LogP contribution is 2.26. The molecule has 0 bridgehead atoms. The number of nitrogen functional groups attached to an aromatic ring is 1. The number of aromatic nitrogens is 2. The Morgan fingerprint density at radius 3 is 2.70 bits per heavy atom. The van der Waals surface area contributed by atoms with E-state index in [1.807, 2.05) is 39.1 Å². The van der Waals surface area contributed by atoms with Gasteiger partial charge in [-0.05, 0) is 47.0 Å². The molecule has 0 saturated carbocycles. The summed E-state index contributed by atoms with van der Waals surface area (Å²) in [5.41, 5.74) is 9.52. The minimum atomic E-state index is -1.18. The third-order valence-corrected chi connectivity index (χ3v) is 5.49. The van der Waals surface area contributed by atoms with Gasteiger partial charge in [0.2, 0.25) is 0 Å². The van der Waals surface area contributed by atoms with Crippen LogP contribution < -0.4 is 5.73 Å². The van der Waals surface area contributed by atoms with E-state index in [0.29, 0.717) is 16.3 Å². The maximum absolute atomic E-state index is 12.5. The van der Waals surface area contributed by atoms with Gasteiger partial charge in [-0.2, -0.15) is 5.10 Å². The van der Waals surface area contributed by atoms with Crippen molar-refractivity contribution in [1.82, 2.24) is 9.78 Å². The van der Waals surface area contributed by atoms with Crippen molar-refractivity contribution in [1.29, 1.82) is 0 Å². The van der Waals surface area contributed by atoms with Gasteiger partial charge in [-0.3, -0.25) is 8.89 Å². The van der Waals surface area contributed by atoms with Crippen LogP contribution in [0.3, 0.4) is 0 Å². The van der Waals surface area contributed by atoms with E-state index < -0.39 is 10.8 Å². The Bertz CT molecular complexity index is 667. The van der Waals surface area contributed by atoms with Gasteiger partial charge in [-0.15, -0.1) is 0 Å². The van der Waals surface area contributed by atoms with E-state index in [0.717, 1.165) is 27.8 Å². The van der Waals surface area contributed by atoms with Gasteiger partial charge in [0.1, 0.15) is 0 Å². The molecule has 4 nitrogen and oxygen atoms in total. The van der Waals surface area contributed by atoms with Gasteiger partial charge in [0.25, 0.3) is 0 Å². The minimum Gasteiger partial charge on any atom is -0.398 e. The molecule has 1 heterocycles. The molecule has 2 N–H and O–H groups in total. The second kappa shape index (κ2) is 6.10. The molecule has 0 fully saturated rings. The molecule has 0 aliphatic carbocycles. The average molecular weight is 356 g/mol. The molecule has 0 spiro atoms.